The zero-order valence-corrected chi connectivity index (χ0v) is 15.7. The highest BCUT2D eigenvalue weighted by atomic mass is 16.5. The van der Waals surface area contributed by atoms with E-state index in [1.165, 1.54) is 6.42 Å². The Labute approximate surface area is 163 Å². The van der Waals surface area contributed by atoms with Crippen molar-refractivity contribution in [3.8, 4) is 0 Å². The SMILES string of the molecule is O=C(COC(=O)c1ccc(N2CCCC2=O)cc1)NC(=O)NC1CCCCC1. The van der Waals surface area contributed by atoms with E-state index in [0.29, 0.717) is 13.0 Å². The lowest BCUT2D eigenvalue weighted by atomic mass is 9.96. The number of hydrogen-bond donors (Lipinski definition) is 2. The monoisotopic (exact) mass is 387 g/mol. The molecule has 0 aromatic heterocycles. The second-order valence-electron chi connectivity index (χ2n) is 7.13. The summed E-state index contributed by atoms with van der Waals surface area (Å²) in [4.78, 5) is 49.1. The van der Waals surface area contributed by atoms with E-state index in [2.05, 4.69) is 10.6 Å². The molecule has 150 valence electrons. The van der Waals surface area contributed by atoms with Gasteiger partial charge >= 0.3 is 12.0 Å². The van der Waals surface area contributed by atoms with Gasteiger partial charge in [-0.05, 0) is 43.5 Å². The highest BCUT2D eigenvalue weighted by Crippen LogP contribution is 2.21. The second kappa shape index (κ2) is 9.34. The molecule has 0 spiro atoms. The third-order valence-corrected chi connectivity index (χ3v) is 5.02. The van der Waals surface area contributed by atoms with Gasteiger partial charge in [0.25, 0.3) is 5.91 Å². The minimum atomic E-state index is -0.680. The maximum absolute atomic E-state index is 12.1. The van der Waals surface area contributed by atoms with Crippen molar-refractivity contribution in [2.24, 2.45) is 0 Å². The molecule has 1 aliphatic carbocycles. The Kier molecular flexibility index (Phi) is 6.62. The number of esters is 1. The summed E-state index contributed by atoms with van der Waals surface area (Å²) in [5.41, 5.74) is 1.01. The Balaban J connectivity index is 1.42. The molecule has 0 unspecified atom stereocenters. The molecular weight excluding hydrogens is 362 g/mol. The molecule has 1 aliphatic heterocycles. The summed E-state index contributed by atoms with van der Waals surface area (Å²) in [6, 6.07) is 5.99. The number of urea groups is 1. The van der Waals surface area contributed by atoms with Crippen LogP contribution in [0.3, 0.4) is 0 Å². The van der Waals surface area contributed by atoms with Crippen LogP contribution in [0.25, 0.3) is 0 Å². The highest BCUT2D eigenvalue weighted by molar-refractivity contribution is 5.98. The van der Waals surface area contributed by atoms with E-state index in [4.69, 9.17) is 4.74 Å². The molecule has 1 saturated heterocycles. The number of carbonyl (C=O) groups is 4. The summed E-state index contributed by atoms with van der Waals surface area (Å²) in [6.07, 6.45) is 6.50. The van der Waals surface area contributed by atoms with Gasteiger partial charge in [0.05, 0.1) is 5.56 Å². The Morgan fingerprint density at radius 2 is 1.75 bits per heavy atom. The van der Waals surface area contributed by atoms with E-state index < -0.39 is 24.5 Å². The Morgan fingerprint density at radius 1 is 1.04 bits per heavy atom. The van der Waals surface area contributed by atoms with E-state index in [1.807, 2.05) is 0 Å². The molecule has 0 atom stereocenters. The standard InChI is InChI=1S/C20H25N3O5/c24-17(22-20(27)21-15-5-2-1-3-6-15)13-28-19(26)14-8-10-16(11-9-14)23-12-4-7-18(23)25/h8-11,15H,1-7,12-13H2,(H2,21,22,24,27). The number of nitrogens with one attached hydrogen (secondary N) is 2. The summed E-state index contributed by atoms with van der Waals surface area (Å²) in [5, 5.41) is 4.94. The molecule has 0 radical (unpaired) electrons. The van der Waals surface area contributed by atoms with Gasteiger partial charge in [-0.25, -0.2) is 9.59 Å². The number of amides is 4. The highest BCUT2D eigenvalue weighted by Gasteiger charge is 2.22. The van der Waals surface area contributed by atoms with Gasteiger partial charge in [-0.3, -0.25) is 14.9 Å². The van der Waals surface area contributed by atoms with Crippen molar-refractivity contribution >= 4 is 29.5 Å². The van der Waals surface area contributed by atoms with Gasteiger partial charge in [0, 0.05) is 24.7 Å². The quantitative estimate of drug-likeness (QED) is 0.753. The fourth-order valence-electron chi connectivity index (χ4n) is 3.54. The Morgan fingerprint density at radius 3 is 2.39 bits per heavy atom. The molecule has 2 N–H and O–H groups in total. The summed E-state index contributed by atoms with van der Waals surface area (Å²) in [7, 11) is 0. The Bertz CT molecular complexity index is 741. The zero-order valence-electron chi connectivity index (χ0n) is 15.7. The molecule has 4 amide bonds. The fourth-order valence-corrected chi connectivity index (χ4v) is 3.54. The first-order valence-electron chi connectivity index (χ1n) is 9.71. The summed E-state index contributed by atoms with van der Waals surface area (Å²) in [5.74, 6) is -1.28. The van der Waals surface area contributed by atoms with Gasteiger partial charge in [0.2, 0.25) is 5.91 Å². The normalized spacial score (nSPS) is 17.3. The third kappa shape index (κ3) is 5.31. The van der Waals surface area contributed by atoms with Crippen LogP contribution in [0.15, 0.2) is 24.3 Å². The van der Waals surface area contributed by atoms with Gasteiger partial charge in [-0.1, -0.05) is 19.3 Å². The van der Waals surface area contributed by atoms with Crippen LogP contribution in [-0.4, -0.2) is 43.0 Å². The Hall–Kier alpha value is -2.90. The van der Waals surface area contributed by atoms with Gasteiger partial charge in [0.15, 0.2) is 6.61 Å². The molecule has 0 bridgehead atoms. The minimum Gasteiger partial charge on any atom is -0.452 e. The summed E-state index contributed by atoms with van der Waals surface area (Å²) >= 11 is 0. The second-order valence-corrected chi connectivity index (χ2v) is 7.13. The molecular formula is C20H25N3O5. The van der Waals surface area contributed by atoms with Crippen LogP contribution in [0.2, 0.25) is 0 Å². The largest absolute Gasteiger partial charge is 0.452 e. The molecule has 2 aliphatic rings. The molecule has 1 aromatic rings. The van der Waals surface area contributed by atoms with Crippen molar-refractivity contribution in [3.05, 3.63) is 29.8 Å². The maximum Gasteiger partial charge on any atom is 0.338 e. The average Bonchev–Trinajstić information content (AvgIpc) is 3.13. The fraction of sp³-hybridized carbons (Fsp3) is 0.500. The number of anilines is 1. The summed E-state index contributed by atoms with van der Waals surface area (Å²) < 4.78 is 4.96. The number of imide groups is 1. The minimum absolute atomic E-state index is 0.0681. The molecule has 28 heavy (non-hydrogen) atoms. The van der Waals surface area contributed by atoms with Crippen LogP contribution in [0.1, 0.15) is 55.3 Å². The van der Waals surface area contributed by atoms with Crippen LogP contribution in [0.4, 0.5) is 10.5 Å². The van der Waals surface area contributed by atoms with Crippen LogP contribution < -0.4 is 15.5 Å². The van der Waals surface area contributed by atoms with Crippen molar-refractivity contribution in [1.29, 1.82) is 0 Å². The van der Waals surface area contributed by atoms with Gasteiger partial charge < -0.3 is 15.0 Å². The lowest BCUT2D eigenvalue weighted by Crippen LogP contribution is -2.46. The molecule has 2 fully saturated rings. The predicted octanol–water partition coefficient (Wildman–Crippen LogP) is 2.13. The zero-order chi connectivity index (χ0) is 19.9. The van der Waals surface area contributed by atoms with Gasteiger partial charge in [-0.2, -0.15) is 0 Å². The third-order valence-electron chi connectivity index (χ3n) is 5.02. The number of nitrogens with zero attached hydrogens (tertiary/aromatic N) is 1. The van der Waals surface area contributed by atoms with Crippen molar-refractivity contribution in [1.82, 2.24) is 10.6 Å². The smallest absolute Gasteiger partial charge is 0.338 e. The van der Waals surface area contributed by atoms with Gasteiger partial charge in [0.1, 0.15) is 0 Å². The van der Waals surface area contributed by atoms with Crippen molar-refractivity contribution in [2.45, 2.75) is 51.0 Å². The summed E-state index contributed by atoms with van der Waals surface area (Å²) in [6.45, 7) is 0.134. The molecule has 8 nitrogen and oxygen atoms in total. The number of carbonyl (C=O) groups excluding carboxylic acids is 4. The van der Waals surface area contributed by atoms with E-state index >= 15 is 0 Å². The number of ether oxygens (including phenoxy) is 1. The first kappa shape index (κ1) is 19.9. The topological polar surface area (TPSA) is 105 Å². The van der Waals surface area contributed by atoms with E-state index in [1.54, 1.807) is 29.2 Å². The average molecular weight is 387 g/mol. The number of rotatable bonds is 5. The lowest BCUT2D eigenvalue weighted by Gasteiger charge is -2.22. The lowest BCUT2D eigenvalue weighted by molar-refractivity contribution is -0.123. The van der Waals surface area contributed by atoms with Gasteiger partial charge in [-0.15, -0.1) is 0 Å². The molecule has 8 heteroatoms. The number of hydrogen-bond acceptors (Lipinski definition) is 5. The molecule has 1 heterocycles. The van der Waals surface area contributed by atoms with Crippen molar-refractivity contribution in [3.63, 3.8) is 0 Å². The maximum atomic E-state index is 12.1. The number of benzene rings is 1. The predicted molar refractivity (Wildman–Crippen MR) is 102 cm³/mol. The molecule has 1 saturated carbocycles. The van der Waals surface area contributed by atoms with Crippen LogP contribution in [0, 0.1) is 0 Å². The first-order valence-corrected chi connectivity index (χ1v) is 9.71. The van der Waals surface area contributed by atoms with Crippen LogP contribution in [-0.2, 0) is 14.3 Å². The van der Waals surface area contributed by atoms with Crippen molar-refractivity contribution in [2.75, 3.05) is 18.1 Å². The van der Waals surface area contributed by atoms with E-state index in [-0.39, 0.29) is 17.5 Å². The van der Waals surface area contributed by atoms with Crippen LogP contribution >= 0.6 is 0 Å². The van der Waals surface area contributed by atoms with Crippen LogP contribution in [0.5, 0.6) is 0 Å². The molecule has 1 aromatic carbocycles. The first-order chi connectivity index (χ1) is 13.5. The molecule has 3 rings (SSSR count). The van der Waals surface area contributed by atoms with E-state index in [9.17, 15) is 19.2 Å². The van der Waals surface area contributed by atoms with E-state index in [0.717, 1.165) is 37.8 Å². The van der Waals surface area contributed by atoms with Crippen molar-refractivity contribution < 1.29 is 23.9 Å².